The van der Waals surface area contributed by atoms with E-state index in [0.29, 0.717) is 37.8 Å². The van der Waals surface area contributed by atoms with Crippen LogP contribution >= 0.6 is 0 Å². The summed E-state index contributed by atoms with van der Waals surface area (Å²) in [6.07, 6.45) is 0. The highest BCUT2D eigenvalue weighted by molar-refractivity contribution is 5.61. The molecule has 5 nitrogen and oxygen atoms in total. The lowest BCUT2D eigenvalue weighted by Crippen LogP contribution is -2.11. The van der Waals surface area contributed by atoms with Gasteiger partial charge >= 0.3 is 0 Å². The van der Waals surface area contributed by atoms with Gasteiger partial charge in [-0.3, -0.25) is 0 Å². The SMILES string of the molecule is CCOc1cc(NCCOCCO)ccc1N. The van der Waals surface area contributed by atoms with Crippen LogP contribution in [0.15, 0.2) is 18.2 Å². The van der Waals surface area contributed by atoms with E-state index in [9.17, 15) is 0 Å². The van der Waals surface area contributed by atoms with Gasteiger partial charge in [-0.15, -0.1) is 0 Å². The van der Waals surface area contributed by atoms with Gasteiger partial charge in [-0.25, -0.2) is 0 Å². The Balaban J connectivity index is 2.40. The Morgan fingerprint density at radius 1 is 1.35 bits per heavy atom. The van der Waals surface area contributed by atoms with Crippen molar-refractivity contribution in [2.75, 3.05) is 44.0 Å². The fraction of sp³-hybridized carbons (Fsp3) is 0.500. The number of nitrogens with two attached hydrogens (primary N) is 1. The molecule has 17 heavy (non-hydrogen) atoms. The standard InChI is InChI=1S/C12H20N2O3/c1-2-17-12-9-10(3-4-11(12)13)14-5-7-16-8-6-15/h3-4,9,14-15H,2,5-8,13H2,1H3. The van der Waals surface area contributed by atoms with E-state index in [2.05, 4.69) is 5.32 Å². The van der Waals surface area contributed by atoms with Crippen LogP contribution in [0.5, 0.6) is 5.75 Å². The van der Waals surface area contributed by atoms with Crippen molar-refractivity contribution in [3.63, 3.8) is 0 Å². The van der Waals surface area contributed by atoms with Gasteiger partial charge in [0, 0.05) is 18.3 Å². The van der Waals surface area contributed by atoms with Crippen LogP contribution in [0.25, 0.3) is 0 Å². The summed E-state index contributed by atoms with van der Waals surface area (Å²) < 4.78 is 10.5. The quantitative estimate of drug-likeness (QED) is 0.468. The molecular weight excluding hydrogens is 220 g/mol. The van der Waals surface area contributed by atoms with Gasteiger partial charge in [0.25, 0.3) is 0 Å². The van der Waals surface area contributed by atoms with Crippen molar-refractivity contribution in [2.45, 2.75) is 6.92 Å². The van der Waals surface area contributed by atoms with Gasteiger partial charge in [0.05, 0.1) is 32.1 Å². The number of nitrogen functional groups attached to an aromatic ring is 1. The highest BCUT2D eigenvalue weighted by atomic mass is 16.5. The monoisotopic (exact) mass is 240 g/mol. The zero-order valence-electron chi connectivity index (χ0n) is 10.1. The molecule has 96 valence electrons. The predicted molar refractivity (Wildman–Crippen MR) is 68.4 cm³/mol. The van der Waals surface area contributed by atoms with Crippen molar-refractivity contribution in [3.05, 3.63) is 18.2 Å². The van der Waals surface area contributed by atoms with E-state index < -0.39 is 0 Å². The topological polar surface area (TPSA) is 76.7 Å². The van der Waals surface area contributed by atoms with Crippen molar-refractivity contribution in [1.29, 1.82) is 0 Å². The lowest BCUT2D eigenvalue weighted by Gasteiger charge is -2.11. The molecule has 1 aromatic rings. The minimum atomic E-state index is 0.0519. The van der Waals surface area contributed by atoms with Crippen molar-refractivity contribution >= 4 is 11.4 Å². The van der Waals surface area contributed by atoms with E-state index >= 15 is 0 Å². The molecule has 5 heteroatoms. The van der Waals surface area contributed by atoms with Gasteiger partial charge in [-0.1, -0.05) is 0 Å². The molecule has 0 spiro atoms. The molecule has 0 amide bonds. The van der Waals surface area contributed by atoms with E-state index in [1.54, 1.807) is 0 Å². The summed E-state index contributed by atoms with van der Waals surface area (Å²) in [5, 5.41) is 11.7. The first-order valence-corrected chi connectivity index (χ1v) is 5.72. The van der Waals surface area contributed by atoms with Crippen LogP contribution in [0, 0.1) is 0 Å². The second-order valence-electron chi connectivity index (χ2n) is 3.45. The predicted octanol–water partition coefficient (Wildman–Crippen LogP) is 1.09. The van der Waals surface area contributed by atoms with Gasteiger partial charge in [-0.2, -0.15) is 0 Å². The molecule has 0 saturated carbocycles. The van der Waals surface area contributed by atoms with Crippen molar-refractivity contribution in [3.8, 4) is 5.75 Å². The summed E-state index contributed by atoms with van der Waals surface area (Å²) in [6.45, 7) is 4.16. The van der Waals surface area contributed by atoms with Crippen LogP contribution in [0.2, 0.25) is 0 Å². The highest BCUT2D eigenvalue weighted by Gasteiger charge is 2.01. The Kier molecular flexibility index (Phi) is 6.21. The first-order valence-electron chi connectivity index (χ1n) is 5.72. The molecule has 0 radical (unpaired) electrons. The largest absolute Gasteiger partial charge is 0.492 e. The van der Waals surface area contributed by atoms with Crippen molar-refractivity contribution in [2.24, 2.45) is 0 Å². The maximum absolute atomic E-state index is 8.53. The Morgan fingerprint density at radius 2 is 2.18 bits per heavy atom. The van der Waals surface area contributed by atoms with E-state index in [1.807, 2.05) is 25.1 Å². The minimum Gasteiger partial charge on any atom is -0.492 e. The lowest BCUT2D eigenvalue weighted by molar-refractivity contribution is 0.0992. The van der Waals surface area contributed by atoms with Gasteiger partial charge in [0.2, 0.25) is 0 Å². The van der Waals surface area contributed by atoms with Crippen molar-refractivity contribution in [1.82, 2.24) is 0 Å². The summed E-state index contributed by atoms with van der Waals surface area (Å²) in [5.74, 6) is 0.689. The lowest BCUT2D eigenvalue weighted by atomic mass is 10.2. The first kappa shape index (κ1) is 13.6. The number of benzene rings is 1. The van der Waals surface area contributed by atoms with E-state index in [-0.39, 0.29) is 6.61 Å². The summed E-state index contributed by atoms with van der Waals surface area (Å²) in [5.41, 5.74) is 7.34. The number of aliphatic hydroxyl groups is 1. The molecule has 0 bridgehead atoms. The Labute approximate surface area is 102 Å². The second kappa shape index (κ2) is 7.76. The molecule has 0 aromatic heterocycles. The maximum atomic E-state index is 8.53. The summed E-state index contributed by atoms with van der Waals surface area (Å²) in [6, 6.07) is 5.57. The number of rotatable bonds is 8. The van der Waals surface area contributed by atoms with Crippen LogP contribution in [0.3, 0.4) is 0 Å². The fourth-order valence-electron chi connectivity index (χ4n) is 1.36. The molecule has 1 aromatic carbocycles. The summed E-state index contributed by atoms with van der Waals surface area (Å²) in [7, 11) is 0. The number of nitrogens with one attached hydrogen (secondary N) is 1. The van der Waals surface area contributed by atoms with Gasteiger partial charge < -0.3 is 25.6 Å². The van der Waals surface area contributed by atoms with Crippen molar-refractivity contribution < 1.29 is 14.6 Å². The number of ether oxygens (including phenoxy) is 2. The maximum Gasteiger partial charge on any atom is 0.144 e. The molecule has 0 unspecified atom stereocenters. The Morgan fingerprint density at radius 3 is 2.88 bits per heavy atom. The van der Waals surface area contributed by atoms with Gasteiger partial charge in [-0.05, 0) is 19.1 Å². The summed E-state index contributed by atoms with van der Waals surface area (Å²) >= 11 is 0. The molecule has 0 aliphatic carbocycles. The molecule has 0 aliphatic rings. The number of anilines is 2. The molecule has 0 heterocycles. The molecule has 0 fully saturated rings. The number of hydrogen-bond donors (Lipinski definition) is 3. The van der Waals surface area contributed by atoms with E-state index in [0.717, 1.165) is 5.69 Å². The zero-order valence-corrected chi connectivity index (χ0v) is 10.1. The third kappa shape index (κ3) is 4.93. The highest BCUT2D eigenvalue weighted by Crippen LogP contribution is 2.25. The van der Waals surface area contributed by atoms with Gasteiger partial charge in [0.1, 0.15) is 5.75 Å². The van der Waals surface area contributed by atoms with E-state index in [4.69, 9.17) is 20.3 Å². The summed E-state index contributed by atoms with van der Waals surface area (Å²) in [4.78, 5) is 0. The molecule has 0 saturated heterocycles. The molecule has 1 rings (SSSR count). The van der Waals surface area contributed by atoms with Gasteiger partial charge in [0.15, 0.2) is 0 Å². The first-order chi connectivity index (χ1) is 8.27. The average molecular weight is 240 g/mol. The van der Waals surface area contributed by atoms with Crippen LogP contribution in [0.1, 0.15) is 6.92 Å². The van der Waals surface area contributed by atoms with E-state index in [1.165, 1.54) is 0 Å². The van der Waals surface area contributed by atoms with Crippen LogP contribution in [-0.4, -0.2) is 38.1 Å². The number of aliphatic hydroxyl groups excluding tert-OH is 1. The van der Waals surface area contributed by atoms with Crippen LogP contribution in [0.4, 0.5) is 11.4 Å². The van der Waals surface area contributed by atoms with Crippen LogP contribution < -0.4 is 15.8 Å². The molecule has 0 atom stereocenters. The third-order valence-electron chi connectivity index (χ3n) is 2.12. The third-order valence-corrected chi connectivity index (χ3v) is 2.12. The Bertz CT molecular complexity index is 332. The zero-order chi connectivity index (χ0) is 12.5. The molecule has 0 aliphatic heterocycles. The Hall–Kier alpha value is -1.46. The average Bonchev–Trinajstić information content (AvgIpc) is 2.33. The normalized spacial score (nSPS) is 10.2. The number of hydrogen-bond acceptors (Lipinski definition) is 5. The smallest absolute Gasteiger partial charge is 0.144 e. The fourth-order valence-corrected chi connectivity index (χ4v) is 1.36. The second-order valence-corrected chi connectivity index (χ2v) is 3.45. The molecule has 4 N–H and O–H groups in total. The van der Waals surface area contributed by atoms with Crippen LogP contribution in [-0.2, 0) is 4.74 Å². The molecular formula is C12H20N2O3. The minimum absolute atomic E-state index is 0.0519.